The van der Waals surface area contributed by atoms with E-state index in [0.717, 1.165) is 24.0 Å². The molecule has 0 aromatic carbocycles. The fourth-order valence-electron chi connectivity index (χ4n) is 1.57. The number of aromatic nitrogens is 2. The second kappa shape index (κ2) is 7.66. The van der Waals surface area contributed by atoms with Crippen molar-refractivity contribution in [1.82, 2.24) is 20.0 Å². The monoisotopic (exact) mass is 316 g/mol. The molecule has 5 nitrogen and oxygen atoms in total. The molecule has 0 amide bonds. The number of nitrogens with zero attached hydrogens (tertiary/aromatic N) is 3. The zero-order valence-corrected chi connectivity index (χ0v) is 12.8. The maximum Gasteiger partial charge on any atom is 0.195 e. The van der Waals surface area contributed by atoms with Gasteiger partial charge in [0.25, 0.3) is 0 Å². The van der Waals surface area contributed by atoms with E-state index in [1.165, 1.54) is 0 Å². The molecular formula is C12H21BrN4O. The van der Waals surface area contributed by atoms with E-state index in [4.69, 9.17) is 0 Å². The first-order valence-corrected chi connectivity index (χ1v) is 6.95. The van der Waals surface area contributed by atoms with Crippen molar-refractivity contribution < 1.29 is 4.79 Å². The molecule has 0 saturated heterocycles. The summed E-state index contributed by atoms with van der Waals surface area (Å²) in [4.78, 5) is 14.2. The van der Waals surface area contributed by atoms with Gasteiger partial charge in [0.05, 0.1) is 23.8 Å². The molecule has 1 N–H and O–H groups in total. The van der Waals surface area contributed by atoms with Crippen LogP contribution in [0.15, 0.2) is 10.7 Å². The Hall–Kier alpha value is -0.720. The fraction of sp³-hybridized carbons (Fsp3) is 0.667. The molecule has 1 heterocycles. The molecule has 102 valence electrons. The summed E-state index contributed by atoms with van der Waals surface area (Å²) in [5.74, 6) is 0.0755. The molecular weight excluding hydrogens is 296 g/mol. The zero-order chi connectivity index (χ0) is 13.5. The highest BCUT2D eigenvalue weighted by molar-refractivity contribution is 9.10. The standard InChI is InChI=1S/C12H21BrN4O/c1-4-5-14-9-11(18)12-10(13)8-15-17(12)7-6-16(2)3/h8,14H,4-7,9H2,1-3H3. The van der Waals surface area contributed by atoms with Gasteiger partial charge in [0.2, 0.25) is 0 Å². The average molecular weight is 317 g/mol. The third-order valence-electron chi connectivity index (χ3n) is 2.53. The number of halogens is 1. The number of rotatable bonds is 8. The van der Waals surface area contributed by atoms with Crippen LogP contribution in [0.2, 0.25) is 0 Å². The summed E-state index contributed by atoms with van der Waals surface area (Å²) < 4.78 is 2.53. The first kappa shape index (κ1) is 15.3. The van der Waals surface area contributed by atoms with Crippen molar-refractivity contribution in [3.05, 3.63) is 16.4 Å². The summed E-state index contributed by atoms with van der Waals surface area (Å²) >= 11 is 3.39. The average Bonchev–Trinajstić information content (AvgIpc) is 2.68. The topological polar surface area (TPSA) is 50.2 Å². The molecule has 0 atom stereocenters. The van der Waals surface area contributed by atoms with Gasteiger partial charge < -0.3 is 10.2 Å². The normalized spacial score (nSPS) is 11.2. The molecule has 0 aliphatic rings. The van der Waals surface area contributed by atoms with E-state index in [0.29, 0.717) is 18.8 Å². The van der Waals surface area contributed by atoms with Gasteiger partial charge >= 0.3 is 0 Å². The van der Waals surface area contributed by atoms with Gasteiger partial charge in [0.15, 0.2) is 5.78 Å². The van der Waals surface area contributed by atoms with E-state index in [1.54, 1.807) is 10.9 Å². The van der Waals surface area contributed by atoms with Crippen LogP contribution in [0.4, 0.5) is 0 Å². The van der Waals surface area contributed by atoms with Gasteiger partial charge in [-0.2, -0.15) is 5.10 Å². The second-order valence-corrected chi connectivity index (χ2v) is 5.32. The number of Topliss-reactive ketones (excluding diaryl/α,β-unsaturated/α-hetero) is 1. The summed E-state index contributed by atoms with van der Waals surface area (Å²) in [6.45, 7) is 4.87. The van der Waals surface area contributed by atoms with Gasteiger partial charge in [-0.25, -0.2) is 0 Å². The minimum absolute atomic E-state index is 0.0755. The Balaban J connectivity index is 2.67. The molecule has 0 fully saturated rings. The molecule has 0 unspecified atom stereocenters. The minimum Gasteiger partial charge on any atom is -0.310 e. The van der Waals surface area contributed by atoms with Crippen LogP contribution in [0.3, 0.4) is 0 Å². The van der Waals surface area contributed by atoms with Gasteiger partial charge in [-0.05, 0) is 43.0 Å². The number of ketones is 1. The van der Waals surface area contributed by atoms with E-state index in [-0.39, 0.29) is 5.78 Å². The quantitative estimate of drug-likeness (QED) is 0.581. The first-order valence-electron chi connectivity index (χ1n) is 6.16. The summed E-state index contributed by atoms with van der Waals surface area (Å²) in [5, 5.41) is 7.35. The molecule has 18 heavy (non-hydrogen) atoms. The van der Waals surface area contributed by atoms with Crippen LogP contribution in [0.25, 0.3) is 0 Å². The van der Waals surface area contributed by atoms with Crippen LogP contribution in [0, 0.1) is 0 Å². The van der Waals surface area contributed by atoms with E-state index >= 15 is 0 Å². The van der Waals surface area contributed by atoms with E-state index in [1.807, 2.05) is 14.1 Å². The summed E-state index contributed by atoms with van der Waals surface area (Å²) in [5.41, 5.74) is 0.653. The Bertz CT molecular complexity index is 389. The van der Waals surface area contributed by atoms with Gasteiger partial charge in [-0.15, -0.1) is 0 Å². The fourth-order valence-corrected chi connectivity index (χ4v) is 2.08. The molecule has 0 aliphatic heterocycles. The van der Waals surface area contributed by atoms with Gasteiger partial charge in [0, 0.05) is 6.54 Å². The van der Waals surface area contributed by atoms with E-state index < -0.39 is 0 Å². The van der Waals surface area contributed by atoms with Crippen LogP contribution in [0.1, 0.15) is 23.8 Å². The number of hydrogen-bond donors (Lipinski definition) is 1. The molecule has 0 aliphatic carbocycles. The Morgan fingerprint density at radius 3 is 2.89 bits per heavy atom. The highest BCUT2D eigenvalue weighted by Gasteiger charge is 2.16. The van der Waals surface area contributed by atoms with E-state index in [9.17, 15) is 4.79 Å². The summed E-state index contributed by atoms with van der Waals surface area (Å²) in [7, 11) is 4.01. The largest absolute Gasteiger partial charge is 0.310 e. The van der Waals surface area contributed by atoms with Crippen molar-refractivity contribution in [1.29, 1.82) is 0 Å². The van der Waals surface area contributed by atoms with Crippen molar-refractivity contribution in [2.75, 3.05) is 33.7 Å². The predicted molar refractivity (Wildman–Crippen MR) is 76.0 cm³/mol. The highest BCUT2D eigenvalue weighted by atomic mass is 79.9. The summed E-state index contributed by atoms with van der Waals surface area (Å²) in [6.07, 6.45) is 2.71. The molecule has 6 heteroatoms. The lowest BCUT2D eigenvalue weighted by molar-refractivity contribution is 0.0979. The van der Waals surface area contributed by atoms with Crippen molar-refractivity contribution in [3.8, 4) is 0 Å². The molecule has 0 bridgehead atoms. The first-order chi connectivity index (χ1) is 8.56. The Morgan fingerprint density at radius 1 is 1.56 bits per heavy atom. The maximum atomic E-state index is 12.1. The zero-order valence-electron chi connectivity index (χ0n) is 11.2. The van der Waals surface area contributed by atoms with Crippen LogP contribution < -0.4 is 5.32 Å². The van der Waals surface area contributed by atoms with Crippen LogP contribution in [0.5, 0.6) is 0 Å². The number of hydrogen-bond acceptors (Lipinski definition) is 4. The summed E-state index contributed by atoms with van der Waals surface area (Å²) in [6, 6.07) is 0. The van der Waals surface area contributed by atoms with E-state index in [2.05, 4.69) is 38.2 Å². The second-order valence-electron chi connectivity index (χ2n) is 4.47. The van der Waals surface area contributed by atoms with Crippen LogP contribution in [-0.2, 0) is 6.54 Å². The van der Waals surface area contributed by atoms with Crippen molar-refractivity contribution >= 4 is 21.7 Å². The number of carbonyl (C=O) groups is 1. The lowest BCUT2D eigenvalue weighted by Gasteiger charge is -2.12. The molecule has 1 aromatic heterocycles. The van der Waals surface area contributed by atoms with Gasteiger partial charge in [0.1, 0.15) is 5.69 Å². The molecule has 1 aromatic rings. The number of carbonyl (C=O) groups excluding carboxylic acids is 1. The minimum atomic E-state index is 0.0755. The predicted octanol–water partition coefficient (Wildman–Crippen LogP) is 1.39. The number of likely N-dealkylation sites (N-methyl/N-ethyl adjacent to an activating group) is 1. The van der Waals surface area contributed by atoms with Crippen LogP contribution >= 0.6 is 15.9 Å². The smallest absolute Gasteiger partial charge is 0.195 e. The third-order valence-corrected chi connectivity index (χ3v) is 3.11. The Kier molecular flexibility index (Phi) is 6.52. The van der Waals surface area contributed by atoms with Crippen LogP contribution in [-0.4, -0.2) is 54.2 Å². The van der Waals surface area contributed by atoms with Crippen molar-refractivity contribution in [3.63, 3.8) is 0 Å². The maximum absolute atomic E-state index is 12.1. The lowest BCUT2D eigenvalue weighted by atomic mass is 10.2. The SMILES string of the molecule is CCCNCC(=O)c1c(Br)cnn1CCN(C)C. The molecule has 0 saturated carbocycles. The lowest BCUT2D eigenvalue weighted by Crippen LogP contribution is -2.27. The highest BCUT2D eigenvalue weighted by Crippen LogP contribution is 2.16. The molecule has 1 rings (SSSR count). The van der Waals surface area contributed by atoms with Crippen molar-refractivity contribution in [2.24, 2.45) is 0 Å². The Labute approximate surface area is 117 Å². The molecule has 0 spiro atoms. The van der Waals surface area contributed by atoms with Gasteiger partial charge in [-0.3, -0.25) is 9.48 Å². The van der Waals surface area contributed by atoms with Crippen molar-refractivity contribution in [2.45, 2.75) is 19.9 Å². The molecule has 0 radical (unpaired) electrons. The Morgan fingerprint density at radius 2 is 2.28 bits per heavy atom. The van der Waals surface area contributed by atoms with Gasteiger partial charge in [-0.1, -0.05) is 6.92 Å². The number of nitrogens with one attached hydrogen (secondary N) is 1. The third kappa shape index (κ3) is 4.51.